The second-order valence-corrected chi connectivity index (χ2v) is 6.05. The van der Waals surface area contributed by atoms with Gasteiger partial charge >= 0.3 is 0 Å². The standard InChI is InChI=1S/C20H18FN3O3/c1-14-10-17(15(2)23(14)20-9-4-3-8-19(20)21)12-22-27-13-16-6-5-7-18(11-16)24(25)26/h3-12H,13H2,1-2H3/b22-12-. The first-order valence-corrected chi connectivity index (χ1v) is 8.30. The summed E-state index contributed by atoms with van der Waals surface area (Å²) >= 11 is 0. The van der Waals surface area contributed by atoms with Crippen LogP contribution in [0.15, 0.2) is 59.8 Å². The van der Waals surface area contributed by atoms with Gasteiger partial charge in [0.25, 0.3) is 5.69 Å². The Kier molecular flexibility index (Phi) is 5.30. The summed E-state index contributed by atoms with van der Waals surface area (Å²) in [6, 6.07) is 14.7. The molecule has 0 atom stereocenters. The lowest BCUT2D eigenvalue weighted by Crippen LogP contribution is -2.02. The summed E-state index contributed by atoms with van der Waals surface area (Å²) < 4.78 is 15.9. The van der Waals surface area contributed by atoms with Gasteiger partial charge in [-0.05, 0) is 37.6 Å². The van der Waals surface area contributed by atoms with Crippen molar-refractivity contribution in [3.8, 4) is 5.69 Å². The molecule has 0 bridgehead atoms. The molecule has 0 N–H and O–H groups in total. The Labute approximate surface area is 155 Å². The van der Waals surface area contributed by atoms with Crippen molar-refractivity contribution < 1.29 is 14.2 Å². The summed E-state index contributed by atoms with van der Waals surface area (Å²) in [6.45, 7) is 3.88. The van der Waals surface area contributed by atoms with Crippen molar-refractivity contribution in [2.24, 2.45) is 5.16 Å². The average molecular weight is 367 g/mol. The molecule has 3 rings (SSSR count). The van der Waals surface area contributed by atoms with E-state index in [-0.39, 0.29) is 18.1 Å². The predicted octanol–water partition coefficient (Wildman–Crippen LogP) is 4.69. The Hall–Kier alpha value is -3.48. The lowest BCUT2D eigenvalue weighted by atomic mass is 10.2. The molecule has 0 aliphatic heterocycles. The predicted molar refractivity (Wildman–Crippen MR) is 101 cm³/mol. The molecule has 0 spiro atoms. The Bertz CT molecular complexity index is 1010. The van der Waals surface area contributed by atoms with Gasteiger partial charge in [0.05, 0.1) is 16.8 Å². The second-order valence-electron chi connectivity index (χ2n) is 6.05. The van der Waals surface area contributed by atoms with Crippen LogP contribution in [-0.4, -0.2) is 15.7 Å². The minimum Gasteiger partial charge on any atom is -0.391 e. The van der Waals surface area contributed by atoms with Crippen LogP contribution in [0.4, 0.5) is 10.1 Å². The fraction of sp³-hybridized carbons (Fsp3) is 0.150. The number of nitrogens with zero attached hydrogens (tertiary/aromatic N) is 3. The minimum atomic E-state index is -0.454. The summed E-state index contributed by atoms with van der Waals surface area (Å²) in [5, 5.41) is 14.7. The topological polar surface area (TPSA) is 69.7 Å². The first kappa shape index (κ1) is 18.3. The second kappa shape index (κ2) is 7.82. The normalized spacial score (nSPS) is 11.1. The number of para-hydroxylation sites is 1. The number of aromatic nitrogens is 1. The van der Waals surface area contributed by atoms with Gasteiger partial charge in [0.2, 0.25) is 0 Å². The summed E-state index contributed by atoms with van der Waals surface area (Å²) in [7, 11) is 0. The third-order valence-electron chi connectivity index (χ3n) is 4.18. The molecule has 0 saturated carbocycles. The van der Waals surface area contributed by atoms with Gasteiger partial charge in [-0.3, -0.25) is 10.1 Å². The van der Waals surface area contributed by atoms with Crippen molar-refractivity contribution in [1.82, 2.24) is 4.57 Å². The highest BCUT2D eigenvalue weighted by molar-refractivity contribution is 5.81. The monoisotopic (exact) mass is 367 g/mol. The van der Waals surface area contributed by atoms with E-state index in [4.69, 9.17) is 4.84 Å². The van der Waals surface area contributed by atoms with Crippen LogP contribution in [0.25, 0.3) is 5.69 Å². The van der Waals surface area contributed by atoms with Gasteiger partial charge < -0.3 is 9.40 Å². The number of oxime groups is 1. The van der Waals surface area contributed by atoms with Gasteiger partial charge in [-0.2, -0.15) is 0 Å². The molecule has 7 heteroatoms. The van der Waals surface area contributed by atoms with E-state index >= 15 is 0 Å². The largest absolute Gasteiger partial charge is 0.391 e. The van der Waals surface area contributed by atoms with Crippen molar-refractivity contribution in [2.45, 2.75) is 20.5 Å². The van der Waals surface area contributed by atoms with Crippen LogP contribution in [0.3, 0.4) is 0 Å². The molecule has 6 nitrogen and oxygen atoms in total. The highest BCUT2D eigenvalue weighted by atomic mass is 19.1. The molecule has 0 aliphatic carbocycles. The molecule has 0 aliphatic rings. The first-order chi connectivity index (χ1) is 13.0. The third kappa shape index (κ3) is 4.03. The van der Waals surface area contributed by atoms with E-state index in [1.54, 1.807) is 36.5 Å². The Balaban J connectivity index is 1.73. The maximum atomic E-state index is 14.1. The zero-order chi connectivity index (χ0) is 19.4. The smallest absolute Gasteiger partial charge is 0.269 e. The number of nitro groups is 1. The number of aryl methyl sites for hydroxylation is 1. The molecular formula is C20H18FN3O3. The van der Waals surface area contributed by atoms with Gasteiger partial charge in [-0.15, -0.1) is 0 Å². The van der Waals surface area contributed by atoms with Crippen LogP contribution in [0.5, 0.6) is 0 Å². The maximum Gasteiger partial charge on any atom is 0.269 e. The van der Waals surface area contributed by atoms with E-state index in [0.717, 1.165) is 17.0 Å². The summed E-state index contributed by atoms with van der Waals surface area (Å²) in [6.07, 6.45) is 1.55. The molecule has 27 heavy (non-hydrogen) atoms. The van der Waals surface area contributed by atoms with Crippen LogP contribution in [0.2, 0.25) is 0 Å². The summed E-state index contributed by atoms with van der Waals surface area (Å²) in [4.78, 5) is 15.6. The van der Waals surface area contributed by atoms with E-state index < -0.39 is 4.92 Å². The van der Waals surface area contributed by atoms with Gasteiger partial charge in [-0.25, -0.2) is 4.39 Å². The van der Waals surface area contributed by atoms with Gasteiger partial charge in [0.1, 0.15) is 12.4 Å². The van der Waals surface area contributed by atoms with E-state index in [1.165, 1.54) is 18.2 Å². The molecular weight excluding hydrogens is 349 g/mol. The average Bonchev–Trinajstić information content (AvgIpc) is 2.93. The molecule has 0 saturated heterocycles. The van der Waals surface area contributed by atoms with Crippen LogP contribution >= 0.6 is 0 Å². The number of non-ortho nitro benzene ring substituents is 1. The molecule has 138 valence electrons. The first-order valence-electron chi connectivity index (χ1n) is 8.30. The molecule has 1 heterocycles. The lowest BCUT2D eigenvalue weighted by molar-refractivity contribution is -0.384. The van der Waals surface area contributed by atoms with Crippen LogP contribution < -0.4 is 0 Å². The Morgan fingerprint density at radius 3 is 2.70 bits per heavy atom. The zero-order valence-corrected chi connectivity index (χ0v) is 14.9. The Morgan fingerprint density at radius 1 is 1.19 bits per heavy atom. The van der Waals surface area contributed by atoms with Crippen LogP contribution in [-0.2, 0) is 11.4 Å². The number of rotatable bonds is 6. The Morgan fingerprint density at radius 2 is 1.96 bits per heavy atom. The van der Waals surface area contributed by atoms with Crippen molar-refractivity contribution >= 4 is 11.9 Å². The summed E-state index contributed by atoms with van der Waals surface area (Å²) in [5.74, 6) is -0.301. The SMILES string of the molecule is Cc1cc(/C=N\OCc2cccc([N+](=O)[O-])c2)c(C)n1-c1ccccc1F. The molecule has 3 aromatic rings. The number of hydrogen-bond acceptors (Lipinski definition) is 4. The van der Waals surface area contributed by atoms with E-state index in [2.05, 4.69) is 5.16 Å². The number of halogens is 1. The van der Waals surface area contributed by atoms with Gasteiger partial charge in [0.15, 0.2) is 0 Å². The molecule has 0 radical (unpaired) electrons. The number of nitro benzene ring substituents is 1. The fourth-order valence-corrected chi connectivity index (χ4v) is 2.89. The van der Waals surface area contributed by atoms with Gasteiger partial charge in [-0.1, -0.05) is 29.4 Å². The third-order valence-corrected chi connectivity index (χ3v) is 4.18. The minimum absolute atomic E-state index is 0.00788. The maximum absolute atomic E-state index is 14.1. The van der Waals surface area contributed by atoms with Gasteiger partial charge in [0, 0.05) is 29.1 Å². The molecule has 0 fully saturated rings. The summed E-state index contributed by atoms with van der Waals surface area (Å²) in [5.41, 5.74) is 3.64. The van der Waals surface area contributed by atoms with E-state index in [0.29, 0.717) is 11.3 Å². The van der Waals surface area contributed by atoms with Crippen molar-refractivity contribution in [2.75, 3.05) is 0 Å². The molecule has 1 aromatic heterocycles. The highest BCUT2D eigenvalue weighted by Gasteiger charge is 2.12. The molecule has 0 amide bonds. The van der Waals surface area contributed by atoms with Crippen LogP contribution in [0, 0.1) is 29.8 Å². The molecule has 2 aromatic carbocycles. The quantitative estimate of drug-likeness (QED) is 0.360. The van der Waals surface area contributed by atoms with Crippen LogP contribution in [0.1, 0.15) is 22.5 Å². The molecule has 0 unspecified atom stereocenters. The van der Waals surface area contributed by atoms with Crippen molar-refractivity contribution in [1.29, 1.82) is 0 Å². The fourth-order valence-electron chi connectivity index (χ4n) is 2.89. The van der Waals surface area contributed by atoms with E-state index in [1.807, 2.05) is 24.5 Å². The zero-order valence-electron chi connectivity index (χ0n) is 14.9. The van der Waals surface area contributed by atoms with Crippen molar-refractivity contribution in [3.63, 3.8) is 0 Å². The van der Waals surface area contributed by atoms with Crippen molar-refractivity contribution in [3.05, 3.63) is 93.0 Å². The number of hydrogen-bond donors (Lipinski definition) is 0. The lowest BCUT2D eigenvalue weighted by Gasteiger charge is -2.10. The highest BCUT2D eigenvalue weighted by Crippen LogP contribution is 2.22. The van der Waals surface area contributed by atoms with E-state index in [9.17, 15) is 14.5 Å². The number of benzene rings is 2.